The van der Waals surface area contributed by atoms with Crippen molar-refractivity contribution in [1.29, 1.82) is 0 Å². The molecule has 0 unspecified atom stereocenters. The molecule has 1 rings (SSSR count). The lowest BCUT2D eigenvalue weighted by atomic mass is 9.85. The van der Waals surface area contributed by atoms with Gasteiger partial charge in [-0.1, -0.05) is 26.0 Å². The molecule has 0 spiro atoms. The standard InChI is InChI=1S/C12H20N2O2S/c1-12(2,8-14-9-13)10-4-6-11(7-5-10)17(3,15)16/h4-7,14H,8-9,13H2,1-3H3. The smallest absolute Gasteiger partial charge is 0.175 e. The second-order valence-electron chi connectivity index (χ2n) is 4.81. The summed E-state index contributed by atoms with van der Waals surface area (Å²) < 4.78 is 22.7. The molecule has 0 saturated carbocycles. The van der Waals surface area contributed by atoms with E-state index in [1.807, 2.05) is 12.1 Å². The fourth-order valence-corrected chi connectivity index (χ4v) is 2.27. The number of rotatable bonds is 5. The zero-order chi connectivity index (χ0) is 13.1. The second kappa shape index (κ2) is 5.16. The Kier molecular flexibility index (Phi) is 4.30. The van der Waals surface area contributed by atoms with Crippen molar-refractivity contribution in [2.45, 2.75) is 24.2 Å². The average Bonchev–Trinajstić information content (AvgIpc) is 2.25. The Morgan fingerprint density at radius 3 is 2.18 bits per heavy atom. The zero-order valence-electron chi connectivity index (χ0n) is 10.5. The summed E-state index contributed by atoms with van der Waals surface area (Å²) in [5, 5.41) is 3.09. The van der Waals surface area contributed by atoms with Crippen molar-refractivity contribution in [3.63, 3.8) is 0 Å². The minimum Gasteiger partial charge on any atom is -0.318 e. The molecule has 0 amide bonds. The van der Waals surface area contributed by atoms with Crippen molar-refractivity contribution in [2.75, 3.05) is 19.5 Å². The fraction of sp³-hybridized carbons (Fsp3) is 0.500. The molecule has 96 valence electrons. The monoisotopic (exact) mass is 256 g/mol. The normalized spacial score (nSPS) is 12.7. The van der Waals surface area contributed by atoms with Crippen LogP contribution in [0.25, 0.3) is 0 Å². The molecule has 0 radical (unpaired) electrons. The van der Waals surface area contributed by atoms with Gasteiger partial charge in [0.2, 0.25) is 0 Å². The molecule has 0 atom stereocenters. The maximum atomic E-state index is 11.3. The molecule has 0 aromatic heterocycles. The third kappa shape index (κ3) is 3.80. The molecular formula is C12H20N2O2S. The number of nitrogens with one attached hydrogen (secondary N) is 1. The summed E-state index contributed by atoms with van der Waals surface area (Å²) in [5.41, 5.74) is 6.42. The molecule has 1 aromatic rings. The van der Waals surface area contributed by atoms with E-state index < -0.39 is 9.84 Å². The fourth-order valence-electron chi connectivity index (χ4n) is 1.64. The molecule has 4 nitrogen and oxygen atoms in total. The first-order valence-corrected chi connectivity index (χ1v) is 7.38. The lowest BCUT2D eigenvalue weighted by Crippen LogP contribution is -2.35. The maximum Gasteiger partial charge on any atom is 0.175 e. The van der Waals surface area contributed by atoms with E-state index in [2.05, 4.69) is 19.2 Å². The van der Waals surface area contributed by atoms with E-state index in [4.69, 9.17) is 5.73 Å². The molecule has 0 fully saturated rings. The van der Waals surface area contributed by atoms with Crippen LogP contribution in [0.1, 0.15) is 19.4 Å². The van der Waals surface area contributed by atoms with Crippen LogP contribution < -0.4 is 11.1 Å². The first kappa shape index (κ1) is 14.2. The Labute approximate surface area is 103 Å². The van der Waals surface area contributed by atoms with Crippen molar-refractivity contribution in [3.05, 3.63) is 29.8 Å². The average molecular weight is 256 g/mol. The highest BCUT2D eigenvalue weighted by atomic mass is 32.2. The number of nitrogens with two attached hydrogens (primary N) is 1. The van der Waals surface area contributed by atoms with Crippen LogP contribution in [-0.4, -0.2) is 27.9 Å². The lowest BCUT2D eigenvalue weighted by Gasteiger charge is -2.25. The Bertz CT molecular complexity index is 464. The molecule has 0 aliphatic heterocycles. The van der Waals surface area contributed by atoms with Gasteiger partial charge in [-0.3, -0.25) is 0 Å². The SMILES string of the molecule is CC(C)(CNCN)c1ccc(S(C)(=O)=O)cc1. The molecule has 3 N–H and O–H groups in total. The Hall–Kier alpha value is -0.910. The molecule has 0 aliphatic rings. The van der Waals surface area contributed by atoms with E-state index in [-0.39, 0.29) is 5.41 Å². The van der Waals surface area contributed by atoms with Gasteiger partial charge in [0.05, 0.1) is 4.90 Å². The van der Waals surface area contributed by atoms with Crippen LogP contribution in [-0.2, 0) is 15.3 Å². The summed E-state index contributed by atoms with van der Waals surface area (Å²) in [5.74, 6) is 0. The maximum absolute atomic E-state index is 11.3. The lowest BCUT2D eigenvalue weighted by molar-refractivity contribution is 0.474. The van der Waals surface area contributed by atoms with Gasteiger partial charge in [0.1, 0.15) is 0 Å². The highest BCUT2D eigenvalue weighted by Crippen LogP contribution is 2.23. The quantitative estimate of drug-likeness (QED) is 0.767. The van der Waals surface area contributed by atoms with Crippen LogP contribution in [0.3, 0.4) is 0 Å². The van der Waals surface area contributed by atoms with Gasteiger partial charge in [0.25, 0.3) is 0 Å². The van der Waals surface area contributed by atoms with Gasteiger partial charge >= 0.3 is 0 Å². The largest absolute Gasteiger partial charge is 0.318 e. The van der Waals surface area contributed by atoms with Gasteiger partial charge in [-0.2, -0.15) is 0 Å². The first-order chi connectivity index (χ1) is 7.77. The van der Waals surface area contributed by atoms with Crippen LogP contribution in [0.4, 0.5) is 0 Å². The molecule has 0 aliphatic carbocycles. The van der Waals surface area contributed by atoms with E-state index in [0.717, 1.165) is 12.1 Å². The summed E-state index contributed by atoms with van der Waals surface area (Å²) in [4.78, 5) is 0.351. The van der Waals surface area contributed by atoms with Gasteiger partial charge in [0.15, 0.2) is 9.84 Å². The van der Waals surface area contributed by atoms with Crippen molar-refractivity contribution in [3.8, 4) is 0 Å². The van der Waals surface area contributed by atoms with Gasteiger partial charge in [0, 0.05) is 24.9 Å². The van der Waals surface area contributed by atoms with Crippen molar-refractivity contribution in [2.24, 2.45) is 5.73 Å². The molecule has 0 saturated heterocycles. The molecular weight excluding hydrogens is 236 g/mol. The van der Waals surface area contributed by atoms with E-state index in [9.17, 15) is 8.42 Å². The van der Waals surface area contributed by atoms with Crippen LogP contribution >= 0.6 is 0 Å². The van der Waals surface area contributed by atoms with E-state index in [1.54, 1.807) is 12.1 Å². The van der Waals surface area contributed by atoms with Crippen molar-refractivity contribution in [1.82, 2.24) is 5.32 Å². The molecule has 17 heavy (non-hydrogen) atoms. The third-order valence-electron chi connectivity index (χ3n) is 2.78. The summed E-state index contributed by atoms with van der Waals surface area (Å²) in [6.45, 7) is 5.36. The Morgan fingerprint density at radius 1 is 1.24 bits per heavy atom. The van der Waals surface area contributed by atoms with Crippen LogP contribution in [0.5, 0.6) is 0 Å². The Balaban J connectivity index is 2.94. The second-order valence-corrected chi connectivity index (χ2v) is 6.83. The van der Waals surface area contributed by atoms with Crippen molar-refractivity contribution < 1.29 is 8.42 Å². The predicted molar refractivity (Wildman–Crippen MR) is 69.6 cm³/mol. The van der Waals surface area contributed by atoms with Crippen molar-refractivity contribution >= 4 is 9.84 Å². The molecule has 5 heteroatoms. The third-order valence-corrected chi connectivity index (χ3v) is 3.90. The van der Waals surface area contributed by atoms with Gasteiger partial charge in [-0.05, 0) is 17.7 Å². The summed E-state index contributed by atoms with van der Waals surface area (Å²) in [6, 6.07) is 7.01. The highest BCUT2D eigenvalue weighted by Gasteiger charge is 2.20. The minimum atomic E-state index is -3.12. The van der Waals surface area contributed by atoms with Crippen LogP contribution in [0.2, 0.25) is 0 Å². The first-order valence-electron chi connectivity index (χ1n) is 5.49. The van der Waals surface area contributed by atoms with Crippen LogP contribution in [0, 0.1) is 0 Å². The summed E-state index contributed by atoms with van der Waals surface area (Å²) in [6.07, 6.45) is 1.21. The number of benzene rings is 1. The van der Waals surface area contributed by atoms with Crippen LogP contribution in [0.15, 0.2) is 29.2 Å². The molecule has 1 aromatic carbocycles. The minimum absolute atomic E-state index is 0.0740. The number of sulfone groups is 1. The summed E-state index contributed by atoms with van der Waals surface area (Å²) in [7, 11) is -3.12. The van der Waals surface area contributed by atoms with E-state index in [1.165, 1.54) is 6.26 Å². The zero-order valence-corrected chi connectivity index (χ0v) is 11.3. The Morgan fingerprint density at radius 2 is 1.76 bits per heavy atom. The highest BCUT2D eigenvalue weighted by molar-refractivity contribution is 7.90. The number of hydrogen-bond acceptors (Lipinski definition) is 4. The van der Waals surface area contributed by atoms with Gasteiger partial charge in [-0.25, -0.2) is 8.42 Å². The molecule has 0 heterocycles. The topological polar surface area (TPSA) is 72.2 Å². The molecule has 0 bridgehead atoms. The van der Waals surface area contributed by atoms with E-state index >= 15 is 0 Å². The van der Waals surface area contributed by atoms with Gasteiger partial charge in [-0.15, -0.1) is 0 Å². The summed E-state index contributed by atoms with van der Waals surface area (Å²) >= 11 is 0. The van der Waals surface area contributed by atoms with E-state index in [0.29, 0.717) is 11.6 Å². The number of hydrogen-bond donors (Lipinski definition) is 2. The predicted octanol–water partition coefficient (Wildman–Crippen LogP) is 0.874. The van der Waals surface area contributed by atoms with Gasteiger partial charge < -0.3 is 11.1 Å².